The van der Waals surface area contributed by atoms with Crippen molar-refractivity contribution in [2.75, 3.05) is 13.2 Å². The van der Waals surface area contributed by atoms with E-state index in [2.05, 4.69) is 12.2 Å². The van der Waals surface area contributed by atoms with Gasteiger partial charge in [-0.1, -0.05) is 19.1 Å². The third-order valence-electron chi connectivity index (χ3n) is 1.47. The Hall–Kier alpha value is -0.340. The third-order valence-corrected chi connectivity index (χ3v) is 1.47. The van der Waals surface area contributed by atoms with Crippen molar-refractivity contribution >= 4 is 0 Å². The first-order chi connectivity index (χ1) is 4.85. The fourth-order valence-corrected chi connectivity index (χ4v) is 0.691. The number of aliphatic hydroxyl groups excluding tert-OH is 1. The van der Waals surface area contributed by atoms with Crippen molar-refractivity contribution in [3.05, 3.63) is 12.2 Å². The van der Waals surface area contributed by atoms with Gasteiger partial charge in [-0.2, -0.15) is 0 Å². The number of hydrogen-bond acceptors (Lipinski definition) is 2. The van der Waals surface area contributed by atoms with Gasteiger partial charge in [-0.3, -0.25) is 0 Å². The van der Waals surface area contributed by atoms with Crippen molar-refractivity contribution in [2.24, 2.45) is 0 Å². The zero-order valence-corrected chi connectivity index (χ0v) is 6.80. The quantitative estimate of drug-likeness (QED) is 0.561. The zero-order chi connectivity index (χ0) is 7.82. The van der Waals surface area contributed by atoms with Crippen LogP contribution in [0.3, 0.4) is 0 Å². The van der Waals surface area contributed by atoms with Crippen LogP contribution in [-0.4, -0.2) is 24.3 Å². The van der Waals surface area contributed by atoms with Crippen LogP contribution < -0.4 is 5.32 Å². The molecule has 10 heavy (non-hydrogen) atoms. The molecule has 0 amide bonds. The van der Waals surface area contributed by atoms with Gasteiger partial charge in [-0.15, -0.1) is 0 Å². The van der Waals surface area contributed by atoms with Gasteiger partial charge in [-0.05, 0) is 13.3 Å². The molecule has 0 aliphatic rings. The molecular weight excluding hydrogens is 126 g/mol. The van der Waals surface area contributed by atoms with E-state index in [9.17, 15) is 0 Å². The molecule has 0 aliphatic carbocycles. The normalized spacial score (nSPS) is 14.3. The maximum Gasteiger partial charge on any atom is 0.0584 e. The summed E-state index contributed by atoms with van der Waals surface area (Å²) in [5.74, 6) is 0. The first-order valence-corrected chi connectivity index (χ1v) is 3.80. The van der Waals surface area contributed by atoms with E-state index in [0.717, 1.165) is 13.0 Å². The van der Waals surface area contributed by atoms with Gasteiger partial charge < -0.3 is 10.4 Å². The highest BCUT2D eigenvalue weighted by molar-refractivity contribution is 4.81. The first kappa shape index (κ1) is 9.66. The van der Waals surface area contributed by atoms with Gasteiger partial charge in [0.25, 0.3) is 0 Å². The predicted molar refractivity (Wildman–Crippen MR) is 44.0 cm³/mol. The topological polar surface area (TPSA) is 32.3 Å². The molecule has 0 saturated heterocycles. The van der Waals surface area contributed by atoms with E-state index in [1.807, 2.05) is 19.1 Å². The summed E-state index contributed by atoms with van der Waals surface area (Å²) in [6.45, 7) is 5.13. The molecule has 2 N–H and O–H groups in total. The van der Waals surface area contributed by atoms with Crippen molar-refractivity contribution in [1.82, 2.24) is 5.32 Å². The van der Waals surface area contributed by atoms with Crippen molar-refractivity contribution in [3.63, 3.8) is 0 Å². The number of hydrogen-bond donors (Lipinski definition) is 2. The van der Waals surface area contributed by atoms with Gasteiger partial charge in [0, 0.05) is 12.6 Å². The highest BCUT2D eigenvalue weighted by Crippen LogP contribution is 1.87. The lowest BCUT2D eigenvalue weighted by atomic mass is 10.2. The van der Waals surface area contributed by atoms with Crippen molar-refractivity contribution in [1.29, 1.82) is 0 Å². The standard InChI is InChI=1S/C8H17NO/c1-3-5-6-9-8(4-2)7-10/h3,5,8-10H,4,6-7H2,1-2H3. The van der Waals surface area contributed by atoms with Gasteiger partial charge in [-0.25, -0.2) is 0 Å². The molecule has 60 valence electrons. The highest BCUT2D eigenvalue weighted by atomic mass is 16.3. The molecule has 0 aromatic carbocycles. The van der Waals surface area contributed by atoms with E-state index in [4.69, 9.17) is 5.11 Å². The van der Waals surface area contributed by atoms with E-state index in [1.54, 1.807) is 0 Å². The van der Waals surface area contributed by atoms with Gasteiger partial charge in [0.2, 0.25) is 0 Å². The maximum atomic E-state index is 8.74. The number of aliphatic hydroxyl groups is 1. The first-order valence-electron chi connectivity index (χ1n) is 3.80. The molecule has 0 saturated carbocycles. The molecule has 0 heterocycles. The Morgan fingerprint density at radius 2 is 2.30 bits per heavy atom. The molecule has 0 spiro atoms. The summed E-state index contributed by atoms with van der Waals surface area (Å²) < 4.78 is 0. The lowest BCUT2D eigenvalue weighted by Gasteiger charge is -2.11. The molecule has 0 rings (SSSR count). The number of rotatable bonds is 5. The number of allylic oxidation sites excluding steroid dienone is 1. The molecule has 0 fully saturated rings. The average molecular weight is 143 g/mol. The predicted octanol–water partition coefficient (Wildman–Crippen LogP) is 0.923. The molecule has 0 aromatic heterocycles. The van der Waals surface area contributed by atoms with Crippen LogP contribution in [0, 0.1) is 0 Å². The largest absolute Gasteiger partial charge is 0.395 e. The summed E-state index contributed by atoms with van der Waals surface area (Å²) in [6.07, 6.45) is 5.02. The minimum Gasteiger partial charge on any atom is -0.395 e. The monoisotopic (exact) mass is 143 g/mol. The van der Waals surface area contributed by atoms with E-state index in [1.165, 1.54) is 0 Å². The van der Waals surface area contributed by atoms with Crippen LogP contribution >= 0.6 is 0 Å². The lowest BCUT2D eigenvalue weighted by molar-refractivity contribution is 0.242. The Balaban J connectivity index is 3.25. The molecule has 0 bridgehead atoms. The Labute approximate surface area is 62.9 Å². The van der Waals surface area contributed by atoms with Crippen molar-refractivity contribution in [3.8, 4) is 0 Å². The second-order valence-corrected chi connectivity index (χ2v) is 2.27. The van der Waals surface area contributed by atoms with Gasteiger partial charge in [0.15, 0.2) is 0 Å². The van der Waals surface area contributed by atoms with Crippen LogP contribution in [0.1, 0.15) is 20.3 Å². The molecule has 0 aliphatic heterocycles. The minimum absolute atomic E-state index is 0.230. The van der Waals surface area contributed by atoms with Crippen LogP contribution in [0.2, 0.25) is 0 Å². The van der Waals surface area contributed by atoms with Crippen molar-refractivity contribution < 1.29 is 5.11 Å². The molecule has 1 atom stereocenters. The van der Waals surface area contributed by atoms with Crippen molar-refractivity contribution in [2.45, 2.75) is 26.3 Å². The van der Waals surface area contributed by atoms with Crippen LogP contribution in [0.4, 0.5) is 0 Å². The molecule has 0 aromatic rings. The van der Waals surface area contributed by atoms with Gasteiger partial charge in [0.05, 0.1) is 6.61 Å². The molecule has 0 radical (unpaired) electrons. The highest BCUT2D eigenvalue weighted by Gasteiger charge is 1.99. The summed E-state index contributed by atoms with van der Waals surface area (Å²) >= 11 is 0. The van der Waals surface area contributed by atoms with Gasteiger partial charge >= 0.3 is 0 Å². The van der Waals surface area contributed by atoms with Crippen LogP contribution in [0.15, 0.2) is 12.2 Å². The van der Waals surface area contributed by atoms with Crippen LogP contribution in [-0.2, 0) is 0 Å². The Morgan fingerprint density at radius 3 is 2.70 bits per heavy atom. The SMILES string of the molecule is CC=CCNC(CC)CO. The Kier molecular flexibility index (Phi) is 6.55. The van der Waals surface area contributed by atoms with E-state index in [0.29, 0.717) is 0 Å². The fraction of sp³-hybridized carbons (Fsp3) is 0.750. The van der Waals surface area contributed by atoms with Crippen LogP contribution in [0.5, 0.6) is 0 Å². The van der Waals surface area contributed by atoms with E-state index >= 15 is 0 Å². The summed E-state index contributed by atoms with van der Waals surface area (Å²) in [4.78, 5) is 0. The molecule has 1 unspecified atom stereocenters. The summed E-state index contributed by atoms with van der Waals surface area (Å²) in [5.41, 5.74) is 0. The third kappa shape index (κ3) is 4.53. The van der Waals surface area contributed by atoms with Crippen LogP contribution in [0.25, 0.3) is 0 Å². The minimum atomic E-state index is 0.230. The van der Waals surface area contributed by atoms with E-state index < -0.39 is 0 Å². The Bertz CT molecular complexity index is 87.3. The average Bonchev–Trinajstić information content (AvgIpc) is 1.99. The fourth-order valence-electron chi connectivity index (χ4n) is 0.691. The van der Waals surface area contributed by atoms with Gasteiger partial charge in [0.1, 0.15) is 0 Å². The summed E-state index contributed by atoms with van der Waals surface area (Å²) in [5, 5.41) is 11.9. The maximum absolute atomic E-state index is 8.74. The smallest absolute Gasteiger partial charge is 0.0584 e. The second kappa shape index (κ2) is 6.78. The Morgan fingerprint density at radius 1 is 1.60 bits per heavy atom. The summed E-state index contributed by atoms with van der Waals surface area (Å²) in [7, 11) is 0. The zero-order valence-electron chi connectivity index (χ0n) is 6.80. The molecular formula is C8H17NO. The second-order valence-electron chi connectivity index (χ2n) is 2.27. The van der Waals surface area contributed by atoms with E-state index in [-0.39, 0.29) is 12.6 Å². The number of nitrogens with one attached hydrogen (secondary N) is 1. The summed E-state index contributed by atoms with van der Waals surface area (Å²) in [6, 6.07) is 0.260. The lowest BCUT2D eigenvalue weighted by Crippen LogP contribution is -2.31. The molecule has 2 heteroatoms. The molecule has 2 nitrogen and oxygen atoms in total.